The van der Waals surface area contributed by atoms with Gasteiger partial charge in [0.1, 0.15) is 12.1 Å². The van der Waals surface area contributed by atoms with E-state index in [1.165, 1.54) is 0 Å². The lowest BCUT2D eigenvalue weighted by molar-refractivity contribution is -0.143. The Labute approximate surface area is 214 Å². The van der Waals surface area contributed by atoms with Crippen LogP contribution in [-0.4, -0.2) is 52.7 Å². The van der Waals surface area contributed by atoms with Crippen molar-refractivity contribution >= 4 is 39.3 Å². The lowest BCUT2D eigenvalue weighted by Gasteiger charge is -2.23. The van der Waals surface area contributed by atoms with Gasteiger partial charge in [0.2, 0.25) is 11.8 Å². The highest BCUT2D eigenvalue weighted by atomic mass is 16.4. The van der Waals surface area contributed by atoms with Crippen LogP contribution < -0.4 is 16.4 Å². The summed E-state index contributed by atoms with van der Waals surface area (Å²) in [6.45, 7) is -0.779. The predicted molar refractivity (Wildman–Crippen MR) is 142 cm³/mol. The molecule has 0 fully saturated rings. The Bertz CT molecular complexity index is 1440. The SMILES string of the molecule is N[C@H](Cc1ccc2ccccc2c1)C(=O)N[C@H](Cc1ccc2ccccc2c1)C(=O)N[C@H](CO)C(=O)O. The Hall–Kier alpha value is -4.27. The minimum absolute atomic E-state index is 0.114. The molecule has 2 amide bonds. The molecule has 0 spiro atoms. The second-order valence-electron chi connectivity index (χ2n) is 9.02. The first-order chi connectivity index (χ1) is 17.8. The Kier molecular flexibility index (Phi) is 8.12. The molecular formula is C29H29N3O5. The molecule has 6 N–H and O–H groups in total. The number of carbonyl (C=O) groups is 3. The zero-order chi connectivity index (χ0) is 26.4. The lowest BCUT2D eigenvalue weighted by atomic mass is 9.99. The van der Waals surface area contributed by atoms with Gasteiger partial charge in [-0.25, -0.2) is 4.79 Å². The van der Waals surface area contributed by atoms with Crippen LogP contribution in [0.25, 0.3) is 21.5 Å². The molecule has 0 heterocycles. The summed E-state index contributed by atoms with van der Waals surface area (Å²) in [4.78, 5) is 37.4. The largest absolute Gasteiger partial charge is 0.480 e. The summed E-state index contributed by atoms with van der Waals surface area (Å²) in [5, 5.41) is 27.7. The van der Waals surface area contributed by atoms with Gasteiger partial charge in [-0.3, -0.25) is 9.59 Å². The third-order valence-electron chi connectivity index (χ3n) is 6.29. The number of fused-ring (bicyclic) bond motifs is 2. The van der Waals surface area contributed by atoms with E-state index in [2.05, 4.69) is 10.6 Å². The molecule has 0 unspecified atom stereocenters. The normalized spacial score (nSPS) is 13.6. The minimum Gasteiger partial charge on any atom is -0.480 e. The Balaban J connectivity index is 1.51. The van der Waals surface area contributed by atoms with Crippen LogP contribution in [0.5, 0.6) is 0 Å². The van der Waals surface area contributed by atoms with Crippen molar-refractivity contribution < 1.29 is 24.6 Å². The van der Waals surface area contributed by atoms with E-state index in [0.717, 1.165) is 32.7 Å². The monoisotopic (exact) mass is 499 g/mol. The average molecular weight is 500 g/mol. The summed E-state index contributed by atoms with van der Waals surface area (Å²) in [5.41, 5.74) is 7.86. The molecule has 0 saturated carbocycles. The van der Waals surface area contributed by atoms with Crippen LogP contribution in [-0.2, 0) is 27.2 Å². The number of nitrogens with two attached hydrogens (primary N) is 1. The fourth-order valence-electron chi connectivity index (χ4n) is 4.26. The topological polar surface area (TPSA) is 142 Å². The maximum Gasteiger partial charge on any atom is 0.328 e. The van der Waals surface area contributed by atoms with E-state index in [4.69, 9.17) is 5.73 Å². The van der Waals surface area contributed by atoms with Gasteiger partial charge in [-0.1, -0.05) is 84.9 Å². The summed E-state index contributed by atoms with van der Waals surface area (Å²) in [5.74, 6) is -2.63. The second-order valence-corrected chi connectivity index (χ2v) is 9.02. The number of carboxylic acid groups (broad SMARTS) is 1. The quantitative estimate of drug-likeness (QED) is 0.226. The molecule has 0 aromatic heterocycles. The number of amides is 2. The Morgan fingerprint density at radius 2 is 1.16 bits per heavy atom. The summed E-state index contributed by atoms with van der Waals surface area (Å²) in [7, 11) is 0. The molecule has 0 aliphatic carbocycles. The third-order valence-corrected chi connectivity index (χ3v) is 6.29. The smallest absolute Gasteiger partial charge is 0.328 e. The molecule has 4 rings (SSSR count). The molecule has 190 valence electrons. The van der Waals surface area contributed by atoms with Crippen molar-refractivity contribution in [3.8, 4) is 0 Å². The molecular weight excluding hydrogens is 470 g/mol. The van der Waals surface area contributed by atoms with Crippen molar-refractivity contribution in [2.45, 2.75) is 31.0 Å². The van der Waals surface area contributed by atoms with Crippen molar-refractivity contribution in [3.63, 3.8) is 0 Å². The van der Waals surface area contributed by atoms with E-state index in [1.807, 2.05) is 84.9 Å². The van der Waals surface area contributed by atoms with Crippen LogP contribution in [0, 0.1) is 0 Å². The van der Waals surface area contributed by atoms with Crippen LogP contribution in [0.15, 0.2) is 84.9 Å². The molecule has 3 atom stereocenters. The summed E-state index contributed by atoms with van der Waals surface area (Å²) in [6.07, 6.45) is 0.373. The number of nitrogens with one attached hydrogen (secondary N) is 2. The fraction of sp³-hybridized carbons (Fsp3) is 0.207. The van der Waals surface area contributed by atoms with E-state index >= 15 is 0 Å². The summed E-state index contributed by atoms with van der Waals surface area (Å²) < 4.78 is 0. The third kappa shape index (κ3) is 6.49. The van der Waals surface area contributed by atoms with E-state index in [1.54, 1.807) is 0 Å². The Morgan fingerprint density at radius 3 is 1.68 bits per heavy atom. The van der Waals surface area contributed by atoms with Crippen LogP contribution in [0.1, 0.15) is 11.1 Å². The number of carboxylic acids is 1. The van der Waals surface area contributed by atoms with Crippen molar-refractivity contribution in [1.82, 2.24) is 10.6 Å². The number of aliphatic hydroxyl groups excluding tert-OH is 1. The molecule has 0 aliphatic heterocycles. The maximum absolute atomic E-state index is 13.0. The molecule has 37 heavy (non-hydrogen) atoms. The molecule has 8 nitrogen and oxygen atoms in total. The number of hydrogen-bond acceptors (Lipinski definition) is 5. The lowest BCUT2D eigenvalue weighted by Crippen LogP contribution is -2.56. The molecule has 0 bridgehead atoms. The van der Waals surface area contributed by atoms with Crippen LogP contribution in [0.3, 0.4) is 0 Å². The number of hydrogen-bond donors (Lipinski definition) is 5. The zero-order valence-corrected chi connectivity index (χ0v) is 20.1. The molecule has 0 radical (unpaired) electrons. The molecule has 8 heteroatoms. The predicted octanol–water partition coefficient (Wildman–Crippen LogP) is 2.15. The molecule has 4 aromatic rings. The first kappa shape index (κ1) is 25.8. The van der Waals surface area contributed by atoms with Gasteiger partial charge in [0.05, 0.1) is 12.6 Å². The van der Waals surface area contributed by atoms with Gasteiger partial charge in [-0.2, -0.15) is 0 Å². The number of benzene rings is 4. The number of aliphatic hydroxyl groups is 1. The molecule has 0 saturated heterocycles. The van der Waals surface area contributed by atoms with Gasteiger partial charge in [0.25, 0.3) is 0 Å². The van der Waals surface area contributed by atoms with Crippen LogP contribution in [0.4, 0.5) is 0 Å². The number of rotatable bonds is 10. The fourth-order valence-corrected chi connectivity index (χ4v) is 4.26. The summed E-state index contributed by atoms with van der Waals surface area (Å²) >= 11 is 0. The van der Waals surface area contributed by atoms with E-state index < -0.39 is 42.5 Å². The highest BCUT2D eigenvalue weighted by molar-refractivity contribution is 5.92. The van der Waals surface area contributed by atoms with Gasteiger partial charge in [0, 0.05) is 6.42 Å². The average Bonchev–Trinajstić information content (AvgIpc) is 2.90. The highest BCUT2D eigenvalue weighted by Gasteiger charge is 2.28. The highest BCUT2D eigenvalue weighted by Crippen LogP contribution is 2.18. The second kappa shape index (κ2) is 11.6. The van der Waals surface area contributed by atoms with Gasteiger partial charge < -0.3 is 26.6 Å². The van der Waals surface area contributed by atoms with Crippen molar-refractivity contribution in [1.29, 1.82) is 0 Å². The van der Waals surface area contributed by atoms with E-state index in [9.17, 15) is 24.6 Å². The first-order valence-electron chi connectivity index (χ1n) is 12.0. The Morgan fingerprint density at radius 1 is 0.676 bits per heavy atom. The van der Waals surface area contributed by atoms with Crippen molar-refractivity contribution in [2.75, 3.05) is 6.61 Å². The number of aliphatic carboxylic acids is 1. The standard InChI is InChI=1S/C29H29N3O5/c30-24(15-18-9-11-20-5-1-3-7-22(20)13-18)27(34)31-25(28(35)32-26(17-33)29(36)37)16-19-10-12-21-6-2-4-8-23(21)14-19/h1-14,24-26,33H,15-17,30H2,(H,31,34)(H,32,35)(H,36,37)/t24-,25-,26-/m1/s1. The van der Waals surface area contributed by atoms with E-state index in [-0.39, 0.29) is 12.8 Å². The van der Waals surface area contributed by atoms with Gasteiger partial charge in [-0.15, -0.1) is 0 Å². The van der Waals surface area contributed by atoms with Crippen LogP contribution >= 0.6 is 0 Å². The maximum atomic E-state index is 13.0. The van der Waals surface area contributed by atoms with Gasteiger partial charge in [0.15, 0.2) is 0 Å². The summed E-state index contributed by atoms with van der Waals surface area (Å²) in [6, 6.07) is 23.6. The zero-order valence-electron chi connectivity index (χ0n) is 20.1. The first-order valence-corrected chi connectivity index (χ1v) is 12.0. The minimum atomic E-state index is -1.49. The molecule has 4 aromatic carbocycles. The van der Waals surface area contributed by atoms with Gasteiger partial charge >= 0.3 is 5.97 Å². The molecule has 0 aliphatic rings. The van der Waals surface area contributed by atoms with Crippen molar-refractivity contribution in [3.05, 3.63) is 96.1 Å². The van der Waals surface area contributed by atoms with E-state index in [0.29, 0.717) is 0 Å². The van der Waals surface area contributed by atoms with Crippen molar-refractivity contribution in [2.24, 2.45) is 5.73 Å². The number of carbonyl (C=O) groups excluding carboxylic acids is 2. The van der Waals surface area contributed by atoms with Crippen LogP contribution in [0.2, 0.25) is 0 Å². The van der Waals surface area contributed by atoms with Gasteiger partial charge in [-0.05, 0) is 39.1 Å².